The topological polar surface area (TPSA) is 44.3 Å². The molecule has 0 atom stereocenters. The fourth-order valence-electron chi connectivity index (χ4n) is 3.83. The predicted molar refractivity (Wildman–Crippen MR) is 117 cm³/mol. The molecule has 1 aliphatic heterocycles. The van der Waals surface area contributed by atoms with E-state index in [2.05, 4.69) is 83.3 Å². The molecule has 0 unspecified atom stereocenters. The first kappa shape index (κ1) is 18.3. The second-order valence-electron chi connectivity index (χ2n) is 7.07. The van der Waals surface area contributed by atoms with Gasteiger partial charge in [0.2, 0.25) is 5.95 Å². The lowest BCUT2D eigenvalue weighted by Crippen LogP contribution is -2.21. The van der Waals surface area contributed by atoms with Crippen molar-refractivity contribution in [3.63, 3.8) is 0 Å². The number of aryl methyl sites for hydroxylation is 1. The fraction of sp³-hybridized carbons (Fsp3) is 0.304. The van der Waals surface area contributed by atoms with Gasteiger partial charge < -0.3 is 15.1 Å². The summed E-state index contributed by atoms with van der Waals surface area (Å²) in [5.74, 6) is 1.56. The monoisotopic (exact) mass is 373 g/mol. The molecule has 0 saturated heterocycles. The van der Waals surface area contributed by atoms with E-state index in [-0.39, 0.29) is 0 Å². The summed E-state index contributed by atoms with van der Waals surface area (Å²) in [5.41, 5.74) is 6.08. The Balaban J connectivity index is 1.56. The first-order chi connectivity index (χ1) is 13.7. The smallest absolute Gasteiger partial charge is 0.229 e. The Hall–Kier alpha value is -3.08. The van der Waals surface area contributed by atoms with Gasteiger partial charge in [-0.15, -0.1) is 0 Å². The zero-order chi connectivity index (χ0) is 19.5. The van der Waals surface area contributed by atoms with Crippen molar-refractivity contribution in [3.05, 3.63) is 65.9 Å². The second kappa shape index (κ2) is 7.89. The Kier molecular flexibility index (Phi) is 5.15. The minimum Gasteiger partial charge on any atom is -0.372 e. The molecular formula is C23H27N5. The van der Waals surface area contributed by atoms with E-state index in [0.717, 1.165) is 37.6 Å². The van der Waals surface area contributed by atoms with E-state index in [9.17, 15) is 0 Å². The van der Waals surface area contributed by atoms with Crippen LogP contribution in [0.4, 0.5) is 28.8 Å². The van der Waals surface area contributed by atoms with Crippen molar-refractivity contribution in [2.75, 3.05) is 34.8 Å². The molecule has 0 bridgehead atoms. The molecular weight excluding hydrogens is 346 g/mol. The van der Waals surface area contributed by atoms with Crippen molar-refractivity contribution in [1.82, 2.24) is 9.97 Å². The van der Waals surface area contributed by atoms with Crippen LogP contribution in [0.1, 0.15) is 25.0 Å². The molecule has 5 heteroatoms. The minimum absolute atomic E-state index is 0.626. The van der Waals surface area contributed by atoms with Gasteiger partial charge in [0, 0.05) is 42.9 Å². The lowest BCUT2D eigenvalue weighted by molar-refractivity contribution is 0.866. The number of rotatable bonds is 6. The van der Waals surface area contributed by atoms with Crippen molar-refractivity contribution >= 4 is 28.8 Å². The maximum Gasteiger partial charge on any atom is 0.229 e. The molecule has 1 aromatic heterocycles. The molecule has 2 heterocycles. The Bertz CT molecular complexity index is 965. The summed E-state index contributed by atoms with van der Waals surface area (Å²) in [4.78, 5) is 13.8. The Morgan fingerprint density at radius 3 is 2.68 bits per heavy atom. The number of fused-ring (bicyclic) bond motifs is 1. The van der Waals surface area contributed by atoms with E-state index in [1.54, 1.807) is 0 Å². The summed E-state index contributed by atoms with van der Waals surface area (Å²) >= 11 is 0. The number of anilines is 5. The predicted octanol–water partition coefficient (Wildman–Crippen LogP) is 5.07. The summed E-state index contributed by atoms with van der Waals surface area (Å²) in [7, 11) is 0. The Morgan fingerprint density at radius 2 is 1.89 bits per heavy atom. The number of para-hydroxylation sites is 1. The van der Waals surface area contributed by atoms with Crippen LogP contribution in [0.2, 0.25) is 0 Å². The van der Waals surface area contributed by atoms with Gasteiger partial charge in [-0.1, -0.05) is 18.2 Å². The highest BCUT2D eigenvalue weighted by atomic mass is 15.2. The zero-order valence-electron chi connectivity index (χ0n) is 16.8. The highest BCUT2D eigenvalue weighted by Crippen LogP contribution is 2.33. The van der Waals surface area contributed by atoms with E-state index < -0.39 is 0 Å². The maximum atomic E-state index is 4.77. The van der Waals surface area contributed by atoms with Gasteiger partial charge in [-0.3, -0.25) is 0 Å². The Morgan fingerprint density at radius 1 is 1.07 bits per heavy atom. The van der Waals surface area contributed by atoms with Gasteiger partial charge in [-0.2, -0.15) is 4.98 Å². The summed E-state index contributed by atoms with van der Waals surface area (Å²) in [6.07, 6.45) is 2.88. The van der Waals surface area contributed by atoms with Gasteiger partial charge in [0.1, 0.15) is 5.82 Å². The number of hydrogen-bond donors (Lipinski definition) is 1. The summed E-state index contributed by atoms with van der Waals surface area (Å²) in [5, 5.41) is 3.39. The van der Waals surface area contributed by atoms with E-state index >= 15 is 0 Å². The molecule has 0 fully saturated rings. The fourth-order valence-corrected chi connectivity index (χ4v) is 3.83. The molecule has 144 valence electrons. The van der Waals surface area contributed by atoms with E-state index in [4.69, 9.17) is 4.98 Å². The van der Waals surface area contributed by atoms with Gasteiger partial charge >= 0.3 is 0 Å². The highest BCUT2D eigenvalue weighted by Gasteiger charge is 2.21. The van der Waals surface area contributed by atoms with Crippen LogP contribution in [0, 0.1) is 6.92 Å². The van der Waals surface area contributed by atoms with Crippen LogP contribution < -0.4 is 15.1 Å². The third kappa shape index (κ3) is 3.52. The van der Waals surface area contributed by atoms with Crippen LogP contribution in [0.3, 0.4) is 0 Å². The molecule has 3 aromatic rings. The van der Waals surface area contributed by atoms with Gasteiger partial charge in [0.15, 0.2) is 0 Å². The maximum absolute atomic E-state index is 4.77. The van der Waals surface area contributed by atoms with Gasteiger partial charge in [-0.05, 0) is 68.7 Å². The van der Waals surface area contributed by atoms with Crippen LogP contribution in [-0.2, 0) is 6.42 Å². The molecule has 0 amide bonds. The quantitative estimate of drug-likeness (QED) is 0.653. The van der Waals surface area contributed by atoms with Crippen molar-refractivity contribution in [1.29, 1.82) is 0 Å². The summed E-state index contributed by atoms with van der Waals surface area (Å²) in [6.45, 7) is 9.45. The molecule has 0 spiro atoms. The standard InChI is InChI=1S/C23H27N5/c1-4-27(5-2)19-10-11-20(17(3)16-19)25-23-24-14-12-22(26-23)28-15-13-18-8-6-7-9-21(18)28/h6-12,14,16H,4-5,13,15H2,1-3H3,(H,24,25,26). The second-order valence-corrected chi connectivity index (χ2v) is 7.07. The summed E-state index contributed by atoms with van der Waals surface area (Å²) in [6, 6.07) is 17.0. The lowest BCUT2D eigenvalue weighted by Gasteiger charge is -2.22. The van der Waals surface area contributed by atoms with E-state index in [0.29, 0.717) is 5.95 Å². The number of benzene rings is 2. The van der Waals surface area contributed by atoms with Crippen LogP contribution in [0.25, 0.3) is 0 Å². The molecule has 5 nitrogen and oxygen atoms in total. The van der Waals surface area contributed by atoms with Crippen molar-refractivity contribution in [2.24, 2.45) is 0 Å². The average Bonchev–Trinajstić information content (AvgIpc) is 3.15. The first-order valence-electron chi connectivity index (χ1n) is 10.0. The largest absolute Gasteiger partial charge is 0.372 e. The van der Waals surface area contributed by atoms with Gasteiger partial charge in [-0.25, -0.2) is 4.98 Å². The Labute approximate surface area is 167 Å². The lowest BCUT2D eigenvalue weighted by atomic mass is 10.1. The van der Waals surface area contributed by atoms with Crippen LogP contribution in [-0.4, -0.2) is 29.6 Å². The number of hydrogen-bond acceptors (Lipinski definition) is 5. The molecule has 0 aliphatic carbocycles. The zero-order valence-corrected chi connectivity index (χ0v) is 16.8. The molecule has 1 N–H and O–H groups in total. The molecule has 2 aromatic carbocycles. The molecule has 4 rings (SSSR count). The first-order valence-corrected chi connectivity index (χ1v) is 10.0. The number of nitrogens with one attached hydrogen (secondary N) is 1. The molecule has 0 saturated carbocycles. The molecule has 1 aliphatic rings. The van der Waals surface area contributed by atoms with Crippen molar-refractivity contribution in [3.8, 4) is 0 Å². The SMILES string of the molecule is CCN(CC)c1ccc(Nc2nccc(N3CCc4ccccc43)n2)c(C)c1. The minimum atomic E-state index is 0.626. The normalized spacial score (nSPS) is 12.8. The third-order valence-electron chi connectivity index (χ3n) is 5.39. The van der Waals surface area contributed by atoms with Crippen LogP contribution in [0.15, 0.2) is 54.7 Å². The van der Waals surface area contributed by atoms with E-state index in [1.165, 1.54) is 22.5 Å². The van der Waals surface area contributed by atoms with Gasteiger partial charge in [0.05, 0.1) is 0 Å². The van der Waals surface area contributed by atoms with Crippen molar-refractivity contribution < 1.29 is 0 Å². The van der Waals surface area contributed by atoms with E-state index in [1.807, 2.05) is 12.3 Å². The summed E-state index contributed by atoms with van der Waals surface area (Å²) < 4.78 is 0. The van der Waals surface area contributed by atoms with Crippen molar-refractivity contribution in [2.45, 2.75) is 27.2 Å². The van der Waals surface area contributed by atoms with Crippen LogP contribution in [0.5, 0.6) is 0 Å². The van der Waals surface area contributed by atoms with Crippen LogP contribution >= 0.6 is 0 Å². The molecule has 28 heavy (non-hydrogen) atoms. The number of aromatic nitrogens is 2. The average molecular weight is 374 g/mol. The molecule has 0 radical (unpaired) electrons. The highest BCUT2D eigenvalue weighted by molar-refractivity contribution is 5.69. The number of nitrogens with zero attached hydrogens (tertiary/aromatic N) is 4. The third-order valence-corrected chi connectivity index (χ3v) is 5.39. The van der Waals surface area contributed by atoms with Gasteiger partial charge in [0.25, 0.3) is 0 Å².